The van der Waals surface area contributed by atoms with Gasteiger partial charge in [0.25, 0.3) is 0 Å². The molecule has 12 heavy (non-hydrogen) atoms. The molecule has 72 valence electrons. The van der Waals surface area contributed by atoms with Crippen molar-refractivity contribution in [2.75, 3.05) is 6.61 Å². The van der Waals surface area contributed by atoms with Gasteiger partial charge in [-0.1, -0.05) is 0 Å². The molecule has 1 fully saturated rings. The molecule has 6 nitrogen and oxygen atoms in total. The van der Waals surface area contributed by atoms with E-state index in [9.17, 15) is 0 Å². The maximum Gasteiger partial charge on any atom is 0.184 e. The number of ether oxygens (including phenoxy) is 1. The zero-order valence-electron chi connectivity index (χ0n) is 6.24. The molecule has 1 aliphatic rings. The molecule has 1 rings (SSSR count). The molecule has 0 aromatic carbocycles. The number of aliphatic hydroxyl groups excluding tert-OH is 5. The number of rotatable bonds is 1. The van der Waals surface area contributed by atoms with E-state index < -0.39 is 37.3 Å². The van der Waals surface area contributed by atoms with Crippen LogP contribution in [0, 0.1) is 0 Å². The molecule has 0 spiro atoms. The van der Waals surface area contributed by atoms with Gasteiger partial charge < -0.3 is 30.3 Å². The van der Waals surface area contributed by atoms with Crippen LogP contribution < -0.4 is 0 Å². The molecule has 1 aliphatic heterocycles. The van der Waals surface area contributed by atoms with E-state index >= 15 is 0 Å². The van der Waals surface area contributed by atoms with E-state index in [1.165, 1.54) is 0 Å². The summed E-state index contributed by atoms with van der Waals surface area (Å²) in [6, 6.07) is 0. The fourth-order valence-electron chi connectivity index (χ4n) is 1.08. The Kier molecular flexibility index (Phi) is 2.99. The standard InChI is InChI=1S/C6H12O6/c7-1-2-3(8)4(9)5(10)6(11)12-2/h2-11H,1H2/t2-,3-,4+,5+,6?/m1/s1/i6+2. The highest BCUT2D eigenvalue weighted by Gasteiger charge is 2.42. The molecule has 1 unspecified atom stereocenters. The lowest BCUT2D eigenvalue weighted by atomic mass is 10.1. The quantitative estimate of drug-likeness (QED) is 0.292. The average Bonchev–Trinajstić information content (AvgIpc) is 2.08. The first-order valence-electron chi connectivity index (χ1n) is 3.56. The minimum Gasteiger partial charge on any atom is -0.394 e. The van der Waals surface area contributed by atoms with E-state index in [4.69, 9.17) is 25.5 Å². The first-order valence-corrected chi connectivity index (χ1v) is 3.56. The van der Waals surface area contributed by atoms with Crippen molar-refractivity contribution in [1.82, 2.24) is 0 Å². The van der Waals surface area contributed by atoms with Crippen molar-refractivity contribution in [2.24, 2.45) is 0 Å². The lowest BCUT2D eigenvalue weighted by Crippen LogP contribution is -2.58. The zero-order chi connectivity index (χ0) is 9.30. The first-order chi connectivity index (χ1) is 5.57. The Morgan fingerprint density at radius 1 is 1.17 bits per heavy atom. The molecule has 6 heteroatoms. The van der Waals surface area contributed by atoms with Crippen LogP contribution in [0.1, 0.15) is 0 Å². The molecule has 0 bridgehead atoms. The molecular weight excluding hydrogens is 170 g/mol. The van der Waals surface area contributed by atoms with E-state index in [1.54, 1.807) is 0 Å². The minimum atomic E-state index is -1.57. The van der Waals surface area contributed by atoms with Gasteiger partial charge in [-0.15, -0.1) is 0 Å². The zero-order valence-corrected chi connectivity index (χ0v) is 6.24. The van der Waals surface area contributed by atoms with Gasteiger partial charge >= 0.3 is 0 Å². The second-order valence-corrected chi connectivity index (χ2v) is 2.72. The van der Waals surface area contributed by atoms with Gasteiger partial charge in [-0.3, -0.25) is 0 Å². The van der Waals surface area contributed by atoms with E-state index in [-0.39, 0.29) is 0 Å². The predicted molar refractivity (Wildman–Crippen MR) is 36.0 cm³/mol. The molecule has 0 saturated carbocycles. The monoisotopic (exact) mass is 182 g/mol. The molecule has 1 heterocycles. The number of aliphatic hydroxyl groups is 5. The smallest absolute Gasteiger partial charge is 0.184 e. The van der Waals surface area contributed by atoms with Crippen molar-refractivity contribution in [1.29, 1.82) is 0 Å². The van der Waals surface area contributed by atoms with Crippen LogP contribution in [0.4, 0.5) is 0 Å². The van der Waals surface area contributed by atoms with Crippen molar-refractivity contribution in [3.05, 3.63) is 0 Å². The Hall–Kier alpha value is -0.240. The van der Waals surface area contributed by atoms with Crippen LogP contribution in [0.25, 0.3) is 0 Å². The summed E-state index contributed by atoms with van der Waals surface area (Å²) in [5.41, 5.74) is 0. The molecule has 5 N–H and O–H groups in total. The second kappa shape index (κ2) is 3.65. The Morgan fingerprint density at radius 3 is 2.25 bits per heavy atom. The van der Waals surface area contributed by atoms with Gasteiger partial charge in [-0.25, -0.2) is 0 Å². The van der Waals surface area contributed by atoms with Crippen LogP contribution in [-0.2, 0) is 4.74 Å². The van der Waals surface area contributed by atoms with Crippen LogP contribution in [0.15, 0.2) is 0 Å². The van der Waals surface area contributed by atoms with Crippen LogP contribution in [0.3, 0.4) is 0 Å². The molecule has 0 aromatic rings. The summed E-state index contributed by atoms with van der Waals surface area (Å²) >= 11 is 0. The number of hydrogen-bond acceptors (Lipinski definition) is 6. The lowest BCUT2D eigenvalue weighted by Gasteiger charge is -2.37. The second-order valence-electron chi connectivity index (χ2n) is 2.72. The fourth-order valence-corrected chi connectivity index (χ4v) is 1.08. The van der Waals surface area contributed by atoms with Gasteiger partial charge in [0.2, 0.25) is 0 Å². The Bertz CT molecular complexity index is 146. The summed E-state index contributed by atoms with van der Waals surface area (Å²) in [7, 11) is 0. The van der Waals surface area contributed by atoms with Crippen molar-refractivity contribution < 1.29 is 30.3 Å². The van der Waals surface area contributed by atoms with E-state index in [0.717, 1.165) is 0 Å². The van der Waals surface area contributed by atoms with Crippen molar-refractivity contribution >= 4 is 0 Å². The summed E-state index contributed by atoms with van der Waals surface area (Å²) in [5.74, 6) is 0. The summed E-state index contributed by atoms with van der Waals surface area (Å²) in [6.07, 6.45) is -7.04. The van der Waals surface area contributed by atoms with Gasteiger partial charge in [0, 0.05) is 0 Å². The molecular formula is C6H12O6. The third kappa shape index (κ3) is 1.58. The lowest BCUT2D eigenvalue weighted by molar-refractivity contribution is -0.286. The minimum absolute atomic E-state index is 0.526. The van der Waals surface area contributed by atoms with Gasteiger partial charge in [-0.05, 0) is 0 Å². The summed E-state index contributed by atoms with van der Waals surface area (Å²) in [5, 5.41) is 44.7. The Morgan fingerprint density at radius 2 is 1.75 bits per heavy atom. The Labute approximate surface area is 68.6 Å². The largest absolute Gasteiger partial charge is 0.394 e. The maximum atomic E-state index is 9.12. The normalized spacial score (nSPS) is 49.2. The van der Waals surface area contributed by atoms with Gasteiger partial charge in [-0.2, -0.15) is 0 Å². The highest BCUT2D eigenvalue weighted by atomic mass is 16.9. The van der Waals surface area contributed by atoms with E-state index in [1.807, 2.05) is 0 Å². The van der Waals surface area contributed by atoms with E-state index in [2.05, 4.69) is 4.74 Å². The molecule has 0 aromatic heterocycles. The third-order valence-electron chi connectivity index (χ3n) is 1.87. The fraction of sp³-hybridized carbons (Fsp3) is 1.00. The molecule has 0 amide bonds. The molecule has 0 radical (unpaired) electrons. The SMILES string of the molecule is OC[C@H]1O[14CH](O)[C@@H](O)[C@@H](O)[C@@H]1O. The van der Waals surface area contributed by atoms with E-state index in [0.29, 0.717) is 0 Å². The van der Waals surface area contributed by atoms with Crippen molar-refractivity contribution in [3.8, 4) is 0 Å². The van der Waals surface area contributed by atoms with Crippen LogP contribution in [0.5, 0.6) is 0 Å². The van der Waals surface area contributed by atoms with Crippen LogP contribution >= 0.6 is 0 Å². The Balaban J connectivity index is 2.63. The summed E-state index contributed by atoms with van der Waals surface area (Å²) < 4.78 is 4.58. The van der Waals surface area contributed by atoms with Crippen LogP contribution in [0.2, 0.25) is 0 Å². The first kappa shape index (κ1) is 9.85. The molecule has 1 saturated heterocycles. The van der Waals surface area contributed by atoms with Gasteiger partial charge in [0.15, 0.2) is 6.29 Å². The van der Waals surface area contributed by atoms with Crippen LogP contribution in [-0.4, -0.2) is 62.8 Å². The highest BCUT2D eigenvalue weighted by molar-refractivity contribution is 4.87. The molecule has 5 atom stereocenters. The summed E-state index contributed by atoms with van der Waals surface area (Å²) in [4.78, 5) is 0. The van der Waals surface area contributed by atoms with Gasteiger partial charge in [0.05, 0.1) is 6.61 Å². The number of hydrogen-bond donors (Lipinski definition) is 5. The topological polar surface area (TPSA) is 110 Å². The average molecular weight is 182 g/mol. The third-order valence-corrected chi connectivity index (χ3v) is 1.87. The predicted octanol–water partition coefficient (Wildman–Crippen LogP) is -3.22. The highest BCUT2D eigenvalue weighted by Crippen LogP contribution is 2.18. The van der Waals surface area contributed by atoms with Crippen molar-refractivity contribution in [2.45, 2.75) is 30.7 Å². The maximum absolute atomic E-state index is 9.12. The molecule has 0 aliphatic carbocycles. The summed E-state index contributed by atoms with van der Waals surface area (Å²) in [6.45, 7) is -0.526. The van der Waals surface area contributed by atoms with Crippen molar-refractivity contribution in [3.63, 3.8) is 0 Å². The van der Waals surface area contributed by atoms with Gasteiger partial charge in [0.1, 0.15) is 24.4 Å².